The minimum Gasteiger partial charge on any atom is -0.368 e. The maximum absolute atomic E-state index is 11.9. The van der Waals surface area contributed by atoms with E-state index in [1.807, 2.05) is 13.8 Å². The van der Waals surface area contributed by atoms with Crippen LogP contribution in [0.2, 0.25) is 0 Å². The lowest BCUT2D eigenvalue weighted by atomic mass is 10.1. The van der Waals surface area contributed by atoms with Crippen molar-refractivity contribution < 1.29 is 14.3 Å². The molecule has 0 fully saturated rings. The quantitative estimate of drug-likeness (QED) is 0.803. The van der Waals surface area contributed by atoms with Crippen molar-refractivity contribution in [2.24, 2.45) is 5.92 Å². The monoisotopic (exact) mass is 263 g/mol. The van der Waals surface area contributed by atoms with Crippen LogP contribution in [0.15, 0.2) is 24.3 Å². The highest BCUT2D eigenvalue weighted by molar-refractivity contribution is 5.98. The van der Waals surface area contributed by atoms with Crippen LogP contribution in [0.4, 0.5) is 5.69 Å². The molecule has 4 nitrogen and oxygen atoms in total. The molecule has 0 aliphatic rings. The maximum atomic E-state index is 11.9. The van der Waals surface area contributed by atoms with Crippen LogP contribution in [0.3, 0.4) is 0 Å². The first-order valence-electron chi connectivity index (χ1n) is 6.43. The molecule has 1 atom stereocenters. The first-order valence-corrected chi connectivity index (χ1v) is 6.43. The Hall–Kier alpha value is -1.68. The van der Waals surface area contributed by atoms with E-state index in [9.17, 15) is 9.59 Å². The second-order valence-corrected chi connectivity index (χ2v) is 5.00. The lowest BCUT2D eigenvalue weighted by Gasteiger charge is -2.15. The summed E-state index contributed by atoms with van der Waals surface area (Å²) in [5.74, 6) is 0.151. The highest BCUT2D eigenvalue weighted by Crippen LogP contribution is 2.12. The van der Waals surface area contributed by atoms with Crippen molar-refractivity contribution in [1.29, 1.82) is 0 Å². The van der Waals surface area contributed by atoms with Crippen molar-refractivity contribution in [3.05, 3.63) is 29.8 Å². The Morgan fingerprint density at radius 1 is 1.26 bits per heavy atom. The summed E-state index contributed by atoms with van der Waals surface area (Å²) in [4.78, 5) is 23.1. The van der Waals surface area contributed by atoms with Gasteiger partial charge in [0, 0.05) is 17.9 Å². The first-order chi connectivity index (χ1) is 8.90. The Balaban J connectivity index is 2.61. The molecule has 19 heavy (non-hydrogen) atoms. The molecule has 1 N–H and O–H groups in total. The normalized spacial score (nSPS) is 12.3. The van der Waals surface area contributed by atoms with Gasteiger partial charge in [-0.25, -0.2) is 0 Å². The summed E-state index contributed by atoms with van der Waals surface area (Å²) in [7, 11) is 0. The molecule has 0 heterocycles. The predicted octanol–water partition coefficient (Wildman–Crippen LogP) is 2.89. The fraction of sp³-hybridized carbons (Fsp3) is 0.467. The third-order valence-corrected chi connectivity index (χ3v) is 2.59. The standard InChI is InChI=1S/C15H21NO3/c1-10(2)9-19-12(4)15(18)16-14-7-5-6-13(8-14)11(3)17/h5-8,10,12H,9H2,1-4H3,(H,16,18). The summed E-state index contributed by atoms with van der Waals surface area (Å²) in [6.45, 7) is 7.81. The van der Waals surface area contributed by atoms with Crippen molar-refractivity contribution in [1.82, 2.24) is 0 Å². The van der Waals surface area contributed by atoms with Gasteiger partial charge in [-0.2, -0.15) is 0 Å². The number of benzene rings is 1. The zero-order valence-corrected chi connectivity index (χ0v) is 11.9. The molecule has 0 aliphatic carbocycles. The number of hydrogen-bond donors (Lipinski definition) is 1. The number of Topliss-reactive ketones (excluding diaryl/α,β-unsaturated/α-hetero) is 1. The molecule has 1 unspecified atom stereocenters. The van der Waals surface area contributed by atoms with Gasteiger partial charge in [0.15, 0.2) is 5.78 Å². The average molecular weight is 263 g/mol. The largest absolute Gasteiger partial charge is 0.368 e. The molecule has 1 aromatic rings. The van der Waals surface area contributed by atoms with Gasteiger partial charge in [0.05, 0.1) is 0 Å². The van der Waals surface area contributed by atoms with Crippen LogP contribution in [-0.4, -0.2) is 24.4 Å². The van der Waals surface area contributed by atoms with Gasteiger partial charge in [0.2, 0.25) is 0 Å². The summed E-state index contributed by atoms with van der Waals surface area (Å²) < 4.78 is 5.44. The van der Waals surface area contributed by atoms with Gasteiger partial charge < -0.3 is 10.1 Å². The minimum absolute atomic E-state index is 0.0276. The Labute approximate surface area is 114 Å². The van der Waals surface area contributed by atoms with Crippen LogP contribution in [0.1, 0.15) is 38.1 Å². The summed E-state index contributed by atoms with van der Waals surface area (Å²) in [6.07, 6.45) is -0.511. The minimum atomic E-state index is -0.511. The molecule has 104 valence electrons. The molecule has 1 rings (SSSR count). The Morgan fingerprint density at radius 2 is 1.95 bits per heavy atom. The third-order valence-electron chi connectivity index (χ3n) is 2.59. The number of ketones is 1. The van der Waals surface area contributed by atoms with Crippen LogP contribution >= 0.6 is 0 Å². The zero-order chi connectivity index (χ0) is 14.4. The van der Waals surface area contributed by atoms with E-state index in [4.69, 9.17) is 4.74 Å². The van der Waals surface area contributed by atoms with Crippen LogP contribution in [0.5, 0.6) is 0 Å². The van der Waals surface area contributed by atoms with Crippen molar-refractivity contribution in [3.63, 3.8) is 0 Å². The molecule has 0 saturated carbocycles. The highest BCUT2D eigenvalue weighted by Gasteiger charge is 2.14. The van der Waals surface area contributed by atoms with E-state index < -0.39 is 6.10 Å². The Bertz CT molecular complexity index is 454. The number of nitrogens with one attached hydrogen (secondary N) is 1. The first kappa shape index (κ1) is 15.4. The van der Waals surface area contributed by atoms with Crippen LogP contribution < -0.4 is 5.32 Å². The smallest absolute Gasteiger partial charge is 0.253 e. The summed E-state index contributed by atoms with van der Waals surface area (Å²) >= 11 is 0. The maximum Gasteiger partial charge on any atom is 0.253 e. The number of rotatable bonds is 6. The third kappa shape index (κ3) is 5.22. The number of anilines is 1. The van der Waals surface area contributed by atoms with E-state index in [0.717, 1.165) is 0 Å². The molecule has 0 radical (unpaired) electrons. The summed E-state index contributed by atoms with van der Waals surface area (Å²) in [6, 6.07) is 6.87. The highest BCUT2D eigenvalue weighted by atomic mass is 16.5. The van der Waals surface area contributed by atoms with Crippen LogP contribution in [0.25, 0.3) is 0 Å². The number of ether oxygens (including phenoxy) is 1. The van der Waals surface area contributed by atoms with Crippen LogP contribution in [-0.2, 0) is 9.53 Å². The van der Waals surface area contributed by atoms with Crippen molar-refractivity contribution >= 4 is 17.4 Å². The molecule has 0 spiro atoms. The van der Waals surface area contributed by atoms with Gasteiger partial charge in [-0.3, -0.25) is 9.59 Å². The number of hydrogen-bond acceptors (Lipinski definition) is 3. The fourth-order valence-corrected chi connectivity index (χ4v) is 1.47. The van der Waals surface area contributed by atoms with Gasteiger partial charge in [-0.05, 0) is 31.9 Å². The van der Waals surface area contributed by atoms with E-state index in [1.165, 1.54) is 6.92 Å². The molecule has 1 amide bonds. The molecular formula is C15H21NO3. The van der Waals surface area contributed by atoms with E-state index >= 15 is 0 Å². The fourth-order valence-electron chi connectivity index (χ4n) is 1.47. The van der Waals surface area contributed by atoms with Gasteiger partial charge >= 0.3 is 0 Å². The van der Waals surface area contributed by atoms with Crippen LogP contribution in [0, 0.1) is 5.92 Å². The second-order valence-electron chi connectivity index (χ2n) is 5.00. The van der Waals surface area contributed by atoms with E-state index in [2.05, 4.69) is 5.32 Å². The molecule has 4 heteroatoms. The van der Waals surface area contributed by atoms with Gasteiger partial charge in [0.1, 0.15) is 6.10 Å². The van der Waals surface area contributed by atoms with Crippen molar-refractivity contribution in [3.8, 4) is 0 Å². The Kier molecular flexibility index (Phi) is 5.70. The molecular weight excluding hydrogens is 242 g/mol. The SMILES string of the molecule is CC(=O)c1cccc(NC(=O)C(C)OCC(C)C)c1. The molecule has 1 aromatic carbocycles. The predicted molar refractivity (Wildman–Crippen MR) is 75.3 cm³/mol. The van der Waals surface area contributed by atoms with E-state index in [1.54, 1.807) is 31.2 Å². The number of carbonyl (C=O) groups excluding carboxylic acids is 2. The lowest BCUT2D eigenvalue weighted by Crippen LogP contribution is -2.28. The Morgan fingerprint density at radius 3 is 2.53 bits per heavy atom. The van der Waals surface area contributed by atoms with E-state index in [-0.39, 0.29) is 11.7 Å². The van der Waals surface area contributed by atoms with Gasteiger partial charge in [0.25, 0.3) is 5.91 Å². The van der Waals surface area contributed by atoms with Crippen molar-refractivity contribution in [2.75, 3.05) is 11.9 Å². The lowest BCUT2D eigenvalue weighted by molar-refractivity contribution is -0.126. The second kappa shape index (κ2) is 7.04. The number of amides is 1. The molecule has 0 saturated heterocycles. The topological polar surface area (TPSA) is 55.4 Å². The summed E-state index contributed by atoms with van der Waals surface area (Å²) in [5.41, 5.74) is 1.19. The summed E-state index contributed by atoms with van der Waals surface area (Å²) in [5, 5.41) is 2.74. The zero-order valence-electron chi connectivity index (χ0n) is 11.9. The average Bonchev–Trinajstić information content (AvgIpc) is 2.36. The molecule has 0 aromatic heterocycles. The number of carbonyl (C=O) groups is 2. The van der Waals surface area contributed by atoms with E-state index in [0.29, 0.717) is 23.8 Å². The van der Waals surface area contributed by atoms with Crippen molar-refractivity contribution in [2.45, 2.75) is 33.8 Å². The molecule has 0 aliphatic heterocycles. The molecule has 0 bridgehead atoms. The van der Waals surface area contributed by atoms with Gasteiger partial charge in [-0.1, -0.05) is 26.0 Å². The van der Waals surface area contributed by atoms with Gasteiger partial charge in [-0.15, -0.1) is 0 Å².